The van der Waals surface area contributed by atoms with Gasteiger partial charge in [0.15, 0.2) is 26.7 Å². The van der Waals surface area contributed by atoms with Crippen LogP contribution in [0.1, 0.15) is 26.7 Å². The summed E-state index contributed by atoms with van der Waals surface area (Å²) in [5.74, 6) is -3.60. The monoisotopic (exact) mass is 507 g/mol. The van der Waals surface area contributed by atoms with E-state index in [0.717, 1.165) is 17.9 Å². The van der Waals surface area contributed by atoms with Gasteiger partial charge in [0.05, 0.1) is 10.9 Å². The number of hydrogen-bond donors (Lipinski definition) is 0. The van der Waals surface area contributed by atoms with Crippen LogP contribution in [0.15, 0.2) is 41.4 Å². The zero-order valence-corrected chi connectivity index (χ0v) is 17.5. The molecule has 1 unspecified atom stereocenters. The molecule has 0 radical (unpaired) electrons. The summed E-state index contributed by atoms with van der Waals surface area (Å²) in [5, 5.41) is -2.32. The van der Waals surface area contributed by atoms with E-state index < -0.39 is 43.7 Å². The summed E-state index contributed by atoms with van der Waals surface area (Å²) in [7, 11) is -3.93. The molecule has 1 aliphatic carbocycles. The van der Waals surface area contributed by atoms with E-state index in [2.05, 4.69) is 0 Å². The molecule has 1 amide bonds. The summed E-state index contributed by atoms with van der Waals surface area (Å²) < 4.78 is 54.7. The number of anilines is 1. The second-order valence-electron chi connectivity index (χ2n) is 6.53. The summed E-state index contributed by atoms with van der Waals surface area (Å²) in [5.41, 5.74) is -0.149. The molecule has 0 bridgehead atoms. The van der Waals surface area contributed by atoms with Crippen LogP contribution in [0.2, 0.25) is 0 Å². The van der Waals surface area contributed by atoms with Gasteiger partial charge in [-0.05, 0) is 66.6 Å². The first-order chi connectivity index (χ1) is 12.6. The summed E-state index contributed by atoms with van der Waals surface area (Å²) in [4.78, 5) is 25.2. The number of halogens is 3. The lowest BCUT2D eigenvalue weighted by molar-refractivity contribution is -0.117. The summed E-state index contributed by atoms with van der Waals surface area (Å²) in [6, 6.07) is 4.16. The van der Waals surface area contributed by atoms with Gasteiger partial charge in [0, 0.05) is 21.8 Å². The number of nitrogens with zero attached hydrogens (tertiary/aromatic N) is 1. The maximum Gasteiger partial charge on any atom is 0.254 e. The van der Waals surface area contributed by atoms with Crippen molar-refractivity contribution < 1.29 is 26.8 Å². The molecule has 1 heterocycles. The number of Topliss-reactive ketones (excluding diaryl/α,β-unsaturated/α-hetero) is 1. The van der Waals surface area contributed by atoms with Crippen LogP contribution in [0.5, 0.6) is 0 Å². The molecule has 3 rings (SSSR count). The van der Waals surface area contributed by atoms with Crippen molar-refractivity contribution in [3.8, 4) is 0 Å². The molecular weight excluding hydrogens is 491 g/mol. The van der Waals surface area contributed by atoms with Crippen LogP contribution < -0.4 is 4.90 Å². The van der Waals surface area contributed by atoms with Gasteiger partial charge in [0.2, 0.25) is 0 Å². The maximum absolute atomic E-state index is 14.4. The molecule has 5 nitrogen and oxygen atoms in total. The molecule has 1 atom stereocenters. The highest BCUT2D eigenvalue weighted by Gasteiger charge is 2.52. The SMILES string of the molecule is CC(=O)/C(F)=C\C1=C(C)N(c2ccc(I)cc2F)C(=O)C1S(=O)(=O)C1CC1. The first kappa shape index (κ1) is 20.1. The average molecular weight is 507 g/mol. The highest BCUT2D eigenvalue weighted by molar-refractivity contribution is 14.1. The van der Waals surface area contributed by atoms with Crippen molar-refractivity contribution in [2.75, 3.05) is 4.90 Å². The van der Waals surface area contributed by atoms with E-state index in [-0.39, 0.29) is 17.0 Å². The minimum atomic E-state index is -3.93. The Morgan fingerprint density at radius 2 is 1.96 bits per heavy atom. The summed E-state index contributed by atoms with van der Waals surface area (Å²) >= 11 is 1.91. The van der Waals surface area contributed by atoms with Crippen LogP contribution in [0.3, 0.4) is 0 Å². The smallest absolute Gasteiger partial charge is 0.254 e. The first-order valence-electron chi connectivity index (χ1n) is 8.16. The van der Waals surface area contributed by atoms with Crippen molar-refractivity contribution in [2.45, 2.75) is 37.2 Å². The zero-order chi connectivity index (χ0) is 20.1. The van der Waals surface area contributed by atoms with Crippen LogP contribution in [0.25, 0.3) is 0 Å². The number of carbonyl (C=O) groups excluding carboxylic acids is 2. The molecule has 1 aliphatic heterocycles. The van der Waals surface area contributed by atoms with Crippen molar-refractivity contribution in [1.29, 1.82) is 0 Å². The molecule has 0 N–H and O–H groups in total. The molecule has 1 fully saturated rings. The molecular formula is C18H16F2INO4S. The number of sulfone groups is 1. The lowest BCUT2D eigenvalue weighted by Crippen LogP contribution is -2.38. The van der Waals surface area contributed by atoms with Crippen molar-refractivity contribution in [3.63, 3.8) is 0 Å². The molecule has 1 aromatic carbocycles. The Hall–Kier alpha value is -1.62. The number of carbonyl (C=O) groups is 2. The van der Waals surface area contributed by atoms with Gasteiger partial charge in [-0.1, -0.05) is 0 Å². The minimum Gasteiger partial charge on any atom is -0.292 e. The lowest BCUT2D eigenvalue weighted by Gasteiger charge is -2.20. The zero-order valence-electron chi connectivity index (χ0n) is 14.5. The highest BCUT2D eigenvalue weighted by atomic mass is 127. The standard InChI is InChI=1S/C18H16F2INO4S/c1-9-13(8-14(19)10(2)23)17(27(25,26)12-4-5-12)18(24)22(9)16-6-3-11(21)7-15(16)20/h3,6-8,12,17H,4-5H2,1-2H3/b14-8+. The second kappa shape index (κ2) is 7.08. The maximum atomic E-state index is 14.4. The van der Waals surface area contributed by atoms with Crippen LogP contribution in [-0.4, -0.2) is 30.6 Å². The number of ketones is 1. The fourth-order valence-corrected chi connectivity index (χ4v) is 5.63. The van der Waals surface area contributed by atoms with Gasteiger partial charge < -0.3 is 0 Å². The Morgan fingerprint density at radius 3 is 2.48 bits per heavy atom. The molecule has 144 valence electrons. The predicted molar refractivity (Wildman–Crippen MR) is 105 cm³/mol. The van der Waals surface area contributed by atoms with E-state index in [0.29, 0.717) is 16.4 Å². The Kier molecular flexibility index (Phi) is 5.28. The third-order valence-electron chi connectivity index (χ3n) is 4.57. The molecule has 27 heavy (non-hydrogen) atoms. The topological polar surface area (TPSA) is 71.5 Å². The van der Waals surface area contributed by atoms with Crippen molar-refractivity contribution in [2.24, 2.45) is 0 Å². The number of rotatable bonds is 5. The lowest BCUT2D eigenvalue weighted by atomic mass is 10.1. The number of benzene rings is 1. The molecule has 1 aromatic rings. The predicted octanol–water partition coefficient (Wildman–Crippen LogP) is 3.44. The molecule has 0 saturated heterocycles. The van der Waals surface area contributed by atoms with Crippen LogP contribution in [-0.2, 0) is 19.4 Å². The fourth-order valence-electron chi connectivity index (χ4n) is 3.02. The molecule has 0 aromatic heterocycles. The summed E-state index contributed by atoms with van der Waals surface area (Å²) in [6.07, 6.45) is 1.63. The van der Waals surface area contributed by atoms with Gasteiger partial charge in [-0.25, -0.2) is 17.2 Å². The van der Waals surface area contributed by atoms with E-state index in [1.165, 1.54) is 19.1 Å². The van der Waals surface area contributed by atoms with Gasteiger partial charge in [-0.15, -0.1) is 0 Å². The van der Waals surface area contributed by atoms with Crippen molar-refractivity contribution >= 4 is 49.8 Å². The number of hydrogen-bond acceptors (Lipinski definition) is 4. The molecule has 9 heteroatoms. The van der Waals surface area contributed by atoms with E-state index in [4.69, 9.17) is 0 Å². The molecule has 0 spiro atoms. The Balaban J connectivity index is 2.19. The van der Waals surface area contributed by atoms with E-state index in [1.54, 1.807) is 6.07 Å². The minimum absolute atomic E-state index is 0.0886. The van der Waals surface area contributed by atoms with E-state index >= 15 is 0 Å². The van der Waals surface area contributed by atoms with Gasteiger partial charge in [-0.2, -0.15) is 0 Å². The molecule has 2 aliphatic rings. The quantitative estimate of drug-likeness (QED) is 0.453. The van der Waals surface area contributed by atoms with Crippen LogP contribution in [0, 0.1) is 9.39 Å². The van der Waals surface area contributed by atoms with E-state index in [9.17, 15) is 26.8 Å². The normalized spacial score (nSPS) is 21.2. The number of amides is 1. The molecule has 1 saturated carbocycles. The average Bonchev–Trinajstić information content (AvgIpc) is 3.38. The van der Waals surface area contributed by atoms with Gasteiger partial charge >= 0.3 is 0 Å². The Bertz CT molecular complexity index is 1010. The third kappa shape index (κ3) is 3.58. The second-order valence-corrected chi connectivity index (χ2v) is 10.1. The van der Waals surface area contributed by atoms with Gasteiger partial charge in [-0.3, -0.25) is 14.5 Å². The van der Waals surface area contributed by atoms with Crippen LogP contribution in [0.4, 0.5) is 14.5 Å². The fraction of sp³-hybridized carbons (Fsp3) is 0.333. The van der Waals surface area contributed by atoms with Crippen molar-refractivity contribution in [3.05, 3.63) is 50.8 Å². The van der Waals surface area contributed by atoms with Crippen LogP contribution >= 0.6 is 22.6 Å². The van der Waals surface area contributed by atoms with Gasteiger partial charge in [0.1, 0.15) is 5.82 Å². The summed E-state index contributed by atoms with van der Waals surface area (Å²) in [6.45, 7) is 2.41. The Morgan fingerprint density at radius 1 is 1.33 bits per heavy atom. The third-order valence-corrected chi connectivity index (χ3v) is 7.75. The Labute approximate surface area is 169 Å². The van der Waals surface area contributed by atoms with Gasteiger partial charge in [0.25, 0.3) is 5.91 Å². The first-order valence-corrected chi connectivity index (χ1v) is 10.8. The largest absolute Gasteiger partial charge is 0.292 e. The number of allylic oxidation sites excluding steroid dienone is 3. The highest BCUT2D eigenvalue weighted by Crippen LogP contribution is 2.41. The van der Waals surface area contributed by atoms with Crippen molar-refractivity contribution in [1.82, 2.24) is 0 Å². The van der Waals surface area contributed by atoms with E-state index in [1.807, 2.05) is 22.6 Å².